The van der Waals surface area contributed by atoms with Gasteiger partial charge in [-0.05, 0) is 36.8 Å². The second-order valence-corrected chi connectivity index (χ2v) is 7.00. The van der Waals surface area contributed by atoms with Gasteiger partial charge in [-0.3, -0.25) is 4.79 Å². The lowest BCUT2D eigenvalue weighted by Gasteiger charge is -2.38. The smallest absolute Gasteiger partial charge is 0.263 e. The number of nitrogens with two attached hydrogens (primary N) is 1. The minimum absolute atomic E-state index is 0.0713. The average molecular weight is 289 g/mol. The third-order valence-corrected chi connectivity index (χ3v) is 5.39. The van der Waals surface area contributed by atoms with Crippen LogP contribution >= 0.6 is 11.3 Å². The van der Waals surface area contributed by atoms with E-state index in [1.807, 2.05) is 13.0 Å². The lowest BCUT2D eigenvalue weighted by molar-refractivity contribution is 0.0895. The van der Waals surface area contributed by atoms with Gasteiger partial charge in [0.25, 0.3) is 5.91 Å². The van der Waals surface area contributed by atoms with Crippen molar-refractivity contribution in [1.29, 1.82) is 0 Å². The zero-order chi connectivity index (χ0) is 14.3. The van der Waals surface area contributed by atoms with Crippen LogP contribution in [0.15, 0.2) is 12.3 Å². The van der Waals surface area contributed by atoms with Crippen LogP contribution in [-0.2, 0) is 0 Å². The number of fused-ring (bicyclic) bond motifs is 1. The Morgan fingerprint density at radius 1 is 1.55 bits per heavy atom. The van der Waals surface area contributed by atoms with Crippen LogP contribution in [0.25, 0.3) is 10.2 Å². The minimum atomic E-state index is -0.0713. The number of carbonyl (C=O) groups excluding carboxylic acids is 1. The number of hydrogen-bond donors (Lipinski definition) is 2. The highest BCUT2D eigenvalue weighted by molar-refractivity contribution is 7.21. The Bertz CT molecular complexity index is 673. The largest absolute Gasteiger partial charge is 0.397 e. The molecule has 0 unspecified atom stereocenters. The number of hydrogen-bond acceptors (Lipinski definition) is 4. The highest BCUT2D eigenvalue weighted by Crippen LogP contribution is 2.40. The van der Waals surface area contributed by atoms with E-state index < -0.39 is 0 Å². The average Bonchev–Trinajstić information content (AvgIpc) is 2.72. The van der Waals surface area contributed by atoms with Crippen molar-refractivity contribution in [3.8, 4) is 0 Å². The molecule has 1 aliphatic rings. The van der Waals surface area contributed by atoms with Crippen molar-refractivity contribution in [2.45, 2.75) is 33.1 Å². The molecule has 2 aromatic rings. The van der Waals surface area contributed by atoms with Crippen LogP contribution in [0.3, 0.4) is 0 Å². The monoisotopic (exact) mass is 289 g/mol. The Balaban J connectivity index is 1.84. The van der Waals surface area contributed by atoms with Crippen molar-refractivity contribution in [3.05, 3.63) is 22.7 Å². The molecule has 3 rings (SSSR count). The Labute approximate surface area is 122 Å². The number of nitrogen functional groups attached to an aromatic ring is 1. The van der Waals surface area contributed by atoms with Crippen molar-refractivity contribution in [3.63, 3.8) is 0 Å². The van der Waals surface area contributed by atoms with E-state index in [1.54, 1.807) is 6.20 Å². The van der Waals surface area contributed by atoms with Gasteiger partial charge in [0.2, 0.25) is 0 Å². The molecule has 20 heavy (non-hydrogen) atoms. The van der Waals surface area contributed by atoms with Crippen molar-refractivity contribution < 1.29 is 4.79 Å². The number of aryl methyl sites for hydroxylation is 1. The summed E-state index contributed by atoms with van der Waals surface area (Å²) < 4.78 is 0. The zero-order valence-corrected chi connectivity index (χ0v) is 12.6. The molecule has 1 fully saturated rings. The van der Waals surface area contributed by atoms with E-state index in [0.29, 0.717) is 10.6 Å². The number of thiophene rings is 1. The van der Waals surface area contributed by atoms with Gasteiger partial charge in [-0.15, -0.1) is 11.3 Å². The predicted octanol–water partition coefficient (Wildman–Crippen LogP) is 3.11. The number of nitrogens with one attached hydrogen (secondary N) is 1. The van der Waals surface area contributed by atoms with Gasteiger partial charge in [0.15, 0.2) is 0 Å². The molecule has 2 aromatic heterocycles. The summed E-state index contributed by atoms with van der Waals surface area (Å²) in [6.07, 6.45) is 5.40. The third kappa shape index (κ3) is 2.16. The lowest BCUT2D eigenvalue weighted by atomic mass is 9.70. The fourth-order valence-electron chi connectivity index (χ4n) is 2.70. The summed E-state index contributed by atoms with van der Waals surface area (Å²) in [7, 11) is 0. The van der Waals surface area contributed by atoms with Crippen LogP contribution in [0.4, 0.5) is 5.69 Å². The van der Waals surface area contributed by atoms with Crippen LogP contribution in [0.1, 0.15) is 41.4 Å². The number of anilines is 1. The molecule has 0 radical (unpaired) electrons. The molecule has 5 heteroatoms. The van der Waals surface area contributed by atoms with Crippen LogP contribution in [0, 0.1) is 12.3 Å². The number of rotatable bonds is 3. The Morgan fingerprint density at radius 2 is 2.30 bits per heavy atom. The molecule has 0 aliphatic heterocycles. The minimum Gasteiger partial charge on any atom is -0.397 e. The van der Waals surface area contributed by atoms with Gasteiger partial charge >= 0.3 is 0 Å². The summed E-state index contributed by atoms with van der Waals surface area (Å²) >= 11 is 1.37. The first-order valence-electron chi connectivity index (χ1n) is 6.92. The van der Waals surface area contributed by atoms with E-state index >= 15 is 0 Å². The Morgan fingerprint density at radius 3 is 2.90 bits per heavy atom. The Kier molecular flexibility index (Phi) is 3.17. The molecule has 4 nitrogen and oxygen atoms in total. The van der Waals surface area contributed by atoms with Gasteiger partial charge in [0.05, 0.1) is 5.69 Å². The Hall–Kier alpha value is -1.62. The first-order valence-corrected chi connectivity index (χ1v) is 7.74. The third-order valence-electron chi connectivity index (χ3n) is 4.28. The van der Waals surface area contributed by atoms with E-state index in [9.17, 15) is 4.79 Å². The standard InChI is InChI=1S/C15H19N3OS/c1-9-4-7-17-14-10(9)11(16)12(20-14)13(19)18-8-15(2)5-3-6-15/h4,7H,3,5-6,8,16H2,1-2H3,(H,18,19). The predicted molar refractivity (Wildman–Crippen MR) is 83.1 cm³/mol. The second-order valence-electron chi connectivity index (χ2n) is 6.00. The van der Waals surface area contributed by atoms with Gasteiger partial charge in [-0.2, -0.15) is 0 Å². The van der Waals surface area contributed by atoms with Gasteiger partial charge in [0.1, 0.15) is 9.71 Å². The number of pyridine rings is 1. The van der Waals surface area contributed by atoms with Crippen LogP contribution < -0.4 is 11.1 Å². The molecule has 2 heterocycles. The molecular formula is C15H19N3OS. The molecule has 0 spiro atoms. The van der Waals surface area contributed by atoms with Crippen LogP contribution in [0.5, 0.6) is 0 Å². The van der Waals surface area contributed by atoms with Gasteiger partial charge in [0, 0.05) is 18.1 Å². The fraction of sp³-hybridized carbons (Fsp3) is 0.467. The summed E-state index contributed by atoms with van der Waals surface area (Å²) in [4.78, 5) is 18.0. The quantitative estimate of drug-likeness (QED) is 0.912. The van der Waals surface area contributed by atoms with Gasteiger partial charge in [-0.1, -0.05) is 13.3 Å². The van der Waals surface area contributed by atoms with E-state index in [1.165, 1.54) is 30.6 Å². The first kappa shape index (κ1) is 13.4. The zero-order valence-electron chi connectivity index (χ0n) is 11.8. The number of aromatic nitrogens is 1. The molecule has 0 atom stereocenters. The topological polar surface area (TPSA) is 68.0 Å². The summed E-state index contributed by atoms with van der Waals surface area (Å²) in [5.41, 5.74) is 8.03. The molecule has 1 amide bonds. The van der Waals surface area contributed by atoms with Crippen LogP contribution in [0.2, 0.25) is 0 Å². The molecule has 106 valence electrons. The van der Waals surface area contributed by atoms with Crippen molar-refractivity contribution in [1.82, 2.24) is 10.3 Å². The SMILES string of the molecule is Cc1ccnc2sc(C(=O)NCC3(C)CCC3)c(N)c12. The van der Waals surface area contributed by atoms with Crippen LogP contribution in [-0.4, -0.2) is 17.4 Å². The summed E-state index contributed by atoms with van der Waals surface area (Å²) in [6.45, 7) is 4.94. The molecule has 0 aromatic carbocycles. The van der Waals surface area contributed by atoms with E-state index in [-0.39, 0.29) is 11.3 Å². The molecule has 1 aliphatic carbocycles. The van der Waals surface area contributed by atoms with Crippen molar-refractivity contribution in [2.24, 2.45) is 5.41 Å². The molecular weight excluding hydrogens is 270 g/mol. The first-order chi connectivity index (χ1) is 9.50. The lowest BCUT2D eigenvalue weighted by Crippen LogP contribution is -2.39. The number of amides is 1. The number of carbonyl (C=O) groups is 1. The maximum Gasteiger partial charge on any atom is 0.263 e. The van der Waals surface area contributed by atoms with E-state index in [4.69, 9.17) is 5.73 Å². The van der Waals surface area contributed by atoms with Gasteiger partial charge in [-0.25, -0.2) is 4.98 Å². The number of nitrogens with zero attached hydrogens (tertiary/aromatic N) is 1. The summed E-state index contributed by atoms with van der Waals surface area (Å²) in [5, 5.41) is 3.94. The normalized spacial score (nSPS) is 16.9. The molecule has 0 bridgehead atoms. The fourth-order valence-corrected chi connectivity index (χ4v) is 3.76. The maximum atomic E-state index is 12.3. The summed E-state index contributed by atoms with van der Waals surface area (Å²) in [6, 6.07) is 1.92. The van der Waals surface area contributed by atoms with E-state index in [0.717, 1.165) is 22.3 Å². The molecule has 1 saturated carbocycles. The summed E-state index contributed by atoms with van der Waals surface area (Å²) in [5.74, 6) is -0.0713. The van der Waals surface area contributed by atoms with Crippen molar-refractivity contribution in [2.75, 3.05) is 12.3 Å². The van der Waals surface area contributed by atoms with Gasteiger partial charge < -0.3 is 11.1 Å². The maximum absolute atomic E-state index is 12.3. The van der Waals surface area contributed by atoms with E-state index in [2.05, 4.69) is 17.2 Å². The molecule has 3 N–H and O–H groups in total. The highest BCUT2D eigenvalue weighted by Gasteiger charge is 2.32. The second kappa shape index (κ2) is 4.74. The van der Waals surface area contributed by atoms with Crippen molar-refractivity contribution >= 4 is 33.1 Å². The molecule has 0 saturated heterocycles. The highest BCUT2D eigenvalue weighted by atomic mass is 32.1.